The lowest BCUT2D eigenvalue weighted by atomic mass is 9.74. The van der Waals surface area contributed by atoms with Crippen LogP contribution in [0.25, 0.3) is 0 Å². The molecule has 2 rings (SSSR count). The highest BCUT2D eigenvalue weighted by Crippen LogP contribution is 2.35. The molecule has 3 heteroatoms. The molecule has 0 bridgehead atoms. The van der Waals surface area contributed by atoms with Crippen molar-refractivity contribution in [2.45, 2.75) is 51.5 Å². The van der Waals surface area contributed by atoms with Crippen LogP contribution in [0.1, 0.15) is 46.1 Å². The molecular formula is C16H22N2O. The van der Waals surface area contributed by atoms with Gasteiger partial charge in [0.1, 0.15) is 11.4 Å². The molecule has 0 saturated carbocycles. The fraction of sp³-hybridized carbons (Fsp3) is 0.500. The third-order valence-electron chi connectivity index (χ3n) is 4.17. The Morgan fingerprint density at radius 3 is 2.16 bits per heavy atom. The molecule has 0 unspecified atom stereocenters. The van der Waals surface area contributed by atoms with Gasteiger partial charge in [0.2, 0.25) is 0 Å². The Morgan fingerprint density at radius 2 is 1.74 bits per heavy atom. The molecule has 0 spiro atoms. The molecule has 0 saturated heterocycles. The molecule has 102 valence electrons. The van der Waals surface area contributed by atoms with E-state index in [4.69, 9.17) is 0 Å². The van der Waals surface area contributed by atoms with E-state index in [-0.39, 0.29) is 11.3 Å². The number of rotatable bonds is 4. The number of aliphatic imine (C=N–C) groups is 1. The van der Waals surface area contributed by atoms with E-state index in [0.717, 1.165) is 18.7 Å². The van der Waals surface area contributed by atoms with Gasteiger partial charge in [-0.2, -0.15) is 0 Å². The zero-order valence-electron chi connectivity index (χ0n) is 12.2. The van der Waals surface area contributed by atoms with E-state index in [2.05, 4.69) is 36.3 Å². The number of nitrogens with one attached hydrogen (secondary N) is 1. The highest BCUT2D eigenvalue weighted by Gasteiger charge is 2.43. The van der Waals surface area contributed by atoms with Gasteiger partial charge >= 0.3 is 0 Å². The monoisotopic (exact) mass is 258 g/mol. The first-order valence-corrected chi connectivity index (χ1v) is 6.93. The van der Waals surface area contributed by atoms with Crippen LogP contribution >= 0.6 is 0 Å². The Kier molecular flexibility index (Phi) is 3.48. The van der Waals surface area contributed by atoms with E-state index < -0.39 is 5.54 Å². The summed E-state index contributed by atoms with van der Waals surface area (Å²) < 4.78 is 0. The van der Waals surface area contributed by atoms with Gasteiger partial charge in [0, 0.05) is 0 Å². The van der Waals surface area contributed by atoms with Crippen molar-refractivity contribution in [3.63, 3.8) is 0 Å². The summed E-state index contributed by atoms with van der Waals surface area (Å²) in [5.74, 6) is 0.809. The summed E-state index contributed by atoms with van der Waals surface area (Å²) in [6.45, 7) is 8.01. The van der Waals surface area contributed by atoms with Crippen LogP contribution < -0.4 is 5.32 Å². The minimum Gasteiger partial charge on any atom is -0.312 e. The van der Waals surface area contributed by atoms with Crippen LogP contribution in [-0.2, 0) is 10.2 Å². The van der Waals surface area contributed by atoms with Gasteiger partial charge in [-0.25, -0.2) is 0 Å². The second-order valence-electron chi connectivity index (χ2n) is 5.63. The zero-order chi connectivity index (χ0) is 14.1. The quantitative estimate of drug-likeness (QED) is 0.886. The Labute approximate surface area is 115 Å². The molecule has 0 aliphatic carbocycles. The summed E-state index contributed by atoms with van der Waals surface area (Å²) in [7, 11) is 0. The van der Waals surface area contributed by atoms with Crippen LogP contribution in [0.2, 0.25) is 0 Å². The third-order valence-corrected chi connectivity index (χ3v) is 4.17. The molecule has 1 aliphatic heterocycles. The topological polar surface area (TPSA) is 41.5 Å². The molecule has 1 amide bonds. The number of amidine groups is 1. The molecule has 0 atom stereocenters. The number of carbonyl (C=O) groups is 1. The molecule has 1 N–H and O–H groups in total. The van der Waals surface area contributed by atoms with Gasteiger partial charge in [-0.3, -0.25) is 9.79 Å². The number of benzene rings is 1. The maximum absolute atomic E-state index is 12.0. The molecule has 0 radical (unpaired) electrons. The van der Waals surface area contributed by atoms with Crippen molar-refractivity contribution in [1.82, 2.24) is 5.32 Å². The molecule has 0 aromatic heterocycles. The maximum Gasteiger partial charge on any atom is 0.252 e. The third kappa shape index (κ3) is 2.18. The predicted octanol–water partition coefficient (Wildman–Crippen LogP) is 3.05. The average molecular weight is 258 g/mol. The molecule has 1 aromatic rings. The standard InChI is InChI=1S/C16H22N2O/c1-5-16(6-2,12-10-8-7-9-11-12)13-17-14(19)15(3,4)18-13/h7-11H,5-6H2,1-4H3,(H,17,18,19). The largest absolute Gasteiger partial charge is 0.312 e. The van der Waals surface area contributed by atoms with E-state index in [1.807, 2.05) is 32.0 Å². The summed E-state index contributed by atoms with van der Waals surface area (Å²) in [4.78, 5) is 16.6. The number of amides is 1. The van der Waals surface area contributed by atoms with E-state index >= 15 is 0 Å². The Balaban J connectivity index is 2.51. The van der Waals surface area contributed by atoms with Crippen molar-refractivity contribution in [3.8, 4) is 0 Å². The minimum absolute atomic E-state index is 0.00953. The van der Waals surface area contributed by atoms with E-state index in [1.54, 1.807) is 0 Å². The molecule has 1 aromatic carbocycles. The van der Waals surface area contributed by atoms with Gasteiger partial charge in [0.15, 0.2) is 0 Å². The first-order chi connectivity index (χ1) is 8.96. The van der Waals surface area contributed by atoms with Crippen LogP contribution in [0, 0.1) is 0 Å². The zero-order valence-corrected chi connectivity index (χ0v) is 12.2. The summed E-state index contributed by atoms with van der Waals surface area (Å²) in [6.07, 6.45) is 1.84. The van der Waals surface area contributed by atoms with Crippen molar-refractivity contribution >= 4 is 11.7 Å². The summed E-state index contributed by atoms with van der Waals surface area (Å²) in [5, 5.41) is 3.00. The fourth-order valence-electron chi connectivity index (χ4n) is 2.73. The lowest BCUT2D eigenvalue weighted by Crippen LogP contribution is -2.44. The lowest BCUT2D eigenvalue weighted by Gasteiger charge is -2.32. The van der Waals surface area contributed by atoms with Gasteiger partial charge in [0.05, 0.1) is 5.41 Å². The normalized spacial score (nSPS) is 18.1. The smallest absolute Gasteiger partial charge is 0.252 e. The molecule has 1 heterocycles. The molecule has 0 fully saturated rings. The van der Waals surface area contributed by atoms with Gasteiger partial charge in [-0.05, 0) is 32.3 Å². The van der Waals surface area contributed by atoms with Crippen molar-refractivity contribution in [2.24, 2.45) is 4.99 Å². The molecular weight excluding hydrogens is 236 g/mol. The SMILES string of the molecule is CCC(CC)(C1=NC(C)(C)C(=O)N1)c1ccccc1. The number of nitrogens with zero attached hydrogens (tertiary/aromatic N) is 1. The fourth-order valence-corrected chi connectivity index (χ4v) is 2.73. The first kappa shape index (κ1) is 13.8. The minimum atomic E-state index is -0.653. The highest BCUT2D eigenvalue weighted by molar-refractivity contribution is 6.11. The second-order valence-corrected chi connectivity index (χ2v) is 5.63. The summed E-state index contributed by atoms with van der Waals surface area (Å²) >= 11 is 0. The van der Waals surface area contributed by atoms with Crippen LogP contribution in [0.5, 0.6) is 0 Å². The molecule has 1 aliphatic rings. The van der Waals surface area contributed by atoms with E-state index in [9.17, 15) is 4.79 Å². The van der Waals surface area contributed by atoms with Crippen LogP contribution in [-0.4, -0.2) is 17.3 Å². The van der Waals surface area contributed by atoms with Gasteiger partial charge in [-0.15, -0.1) is 0 Å². The van der Waals surface area contributed by atoms with Crippen LogP contribution in [0.15, 0.2) is 35.3 Å². The van der Waals surface area contributed by atoms with Crippen molar-refractivity contribution in [2.75, 3.05) is 0 Å². The Bertz CT molecular complexity index is 499. The van der Waals surface area contributed by atoms with E-state index in [0.29, 0.717) is 0 Å². The first-order valence-electron chi connectivity index (χ1n) is 6.93. The summed E-state index contributed by atoms with van der Waals surface area (Å²) in [6, 6.07) is 10.3. The number of hydrogen-bond acceptors (Lipinski definition) is 2. The highest BCUT2D eigenvalue weighted by atomic mass is 16.2. The Morgan fingerprint density at radius 1 is 1.16 bits per heavy atom. The predicted molar refractivity (Wildman–Crippen MR) is 78.4 cm³/mol. The van der Waals surface area contributed by atoms with Crippen molar-refractivity contribution in [3.05, 3.63) is 35.9 Å². The number of hydrogen-bond donors (Lipinski definition) is 1. The number of carbonyl (C=O) groups excluding carboxylic acids is 1. The van der Waals surface area contributed by atoms with Crippen molar-refractivity contribution < 1.29 is 4.79 Å². The maximum atomic E-state index is 12.0. The molecule has 3 nitrogen and oxygen atoms in total. The van der Waals surface area contributed by atoms with Crippen molar-refractivity contribution in [1.29, 1.82) is 0 Å². The van der Waals surface area contributed by atoms with E-state index in [1.165, 1.54) is 5.56 Å². The van der Waals surface area contributed by atoms with Gasteiger partial charge < -0.3 is 5.32 Å². The second kappa shape index (κ2) is 4.80. The van der Waals surface area contributed by atoms with Crippen LogP contribution in [0.4, 0.5) is 0 Å². The van der Waals surface area contributed by atoms with Crippen LogP contribution in [0.3, 0.4) is 0 Å². The van der Waals surface area contributed by atoms with Gasteiger partial charge in [0.25, 0.3) is 5.91 Å². The molecule has 19 heavy (non-hydrogen) atoms. The summed E-state index contributed by atoms with van der Waals surface area (Å²) in [5.41, 5.74) is 0.376. The average Bonchev–Trinajstić information content (AvgIpc) is 2.68. The Hall–Kier alpha value is -1.64. The lowest BCUT2D eigenvalue weighted by molar-refractivity contribution is -0.122. The van der Waals surface area contributed by atoms with Gasteiger partial charge in [-0.1, -0.05) is 44.2 Å².